The van der Waals surface area contributed by atoms with Gasteiger partial charge in [-0.3, -0.25) is 14.9 Å². The first-order valence-electron chi connectivity index (χ1n) is 6.46. The van der Waals surface area contributed by atoms with E-state index >= 15 is 0 Å². The van der Waals surface area contributed by atoms with Crippen molar-refractivity contribution in [1.29, 1.82) is 0 Å². The highest BCUT2D eigenvalue weighted by Gasteiger charge is 2.22. The number of carbonyl (C=O) groups is 2. The highest BCUT2D eigenvalue weighted by Crippen LogP contribution is 2.25. The smallest absolute Gasteiger partial charge is 0.338 e. The van der Waals surface area contributed by atoms with Crippen molar-refractivity contribution in [3.05, 3.63) is 46.0 Å². The molecule has 1 amide bonds. The summed E-state index contributed by atoms with van der Waals surface area (Å²) in [6, 6.07) is 3.36. The van der Waals surface area contributed by atoms with E-state index in [-0.39, 0.29) is 28.8 Å². The maximum atomic E-state index is 12.1. The van der Waals surface area contributed by atoms with Gasteiger partial charge in [-0.25, -0.2) is 4.79 Å². The van der Waals surface area contributed by atoms with Crippen molar-refractivity contribution in [1.82, 2.24) is 0 Å². The lowest BCUT2D eigenvalue weighted by molar-refractivity contribution is -0.384. The molecule has 7 nitrogen and oxygen atoms in total. The van der Waals surface area contributed by atoms with E-state index in [0.29, 0.717) is 12.8 Å². The molecular formula is C14H14N2O5. The van der Waals surface area contributed by atoms with Crippen molar-refractivity contribution in [2.24, 2.45) is 5.92 Å². The number of nitro groups is 1. The normalized spacial score (nSPS) is 17.2. The van der Waals surface area contributed by atoms with Gasteiger partial charge in [-0.05, 0) is 25.3 Å². The first kappa shape index (κ1) is 14.7. The van der Waals surface area contributed by atoms with E-state index in [0.717, 1.165) is 12.5 Å². The van der Waals surface area contributed by atoms with Gasteiger partial charge in [-0.15, -0.1) is 0 Å². The van der Waals surface area contributed by atoms with Gasteiger partial charge < -0.3 is 10.4 Å². The predicted molar refractivity (Wildman–Crippen MR) is 75.2 cm³/mol. The highest BCUT2D eigenvalue weighted by molar-refractivity contribution is 6.01. The molecule has 0 fully saturated rings. The molecule has 21 heavy (non-hydrogen) atoms. The molecule has 0 aromatic heterocycles. The molecule has 1 aromatic rings. The minimum atomic E-state index is -1.32. The van der Waals surface area contributed by atoms with E-state index in [1.807, 2.05) is 12.2 Å². The van der Waals surface area contributed by atoms with Crippen LogP contribution in [0.4, 0.5) is 11.4 Å². The largest absolute Gasteiger partial charge is 0.478 e. The van der Waals surface area contributed by atoms with Crippen molar-refractivity contribution in [3.63, 3.8) is 0 Å². The van der Waals surface area contributed by atoms with Crippen LogP contribution in [0.1, 0.15) is 29.6 Å². The quantitative estimate of drug-likeness (QED) is 0.503. The third kappa shape index (κ3) is 3.44. The molecule has 0 saturated heterocycles. The molecule has 0 saturated carbocycles. The van der Waals surface area contributed by atoms with Gasteiger partial charge in [-0.2, -0.15) is 0 Å². The second-order valence-electron chi connectivity index (χ2n) is 4.76. The van der Waals surface area contributed by atoms with Gasteiger partial charge in [0.2, 0.25) is 5.91 Å². The van der Waals surface area contributed by atoms with Gasteiger partial charge in [0.1, 0.15) is 0 Å². The zero-order valence-electron chi connectivity index (χ0n) is 11.1. The van der Waals surface area contributed by atoms with Crippen LogP contribution in [0.25, 0.3) is 0 Å². The van der Waals surface area contributed by atoms with Crippen LogP contribution in [0.3, 0.4) is 0 Å². The Kier molecular flexibility index (Phi) is 4.32. The molecular weight excluding hydrogens is 276 g/mol. The molecule has 7 heteroatoms. The van der Waals surface area contributed by atoms with E-state index in [4.69, 9.17) is 5.11 Å². The summed E-state index contributed by atoms with van der Waals surface area (Å²) in [4.78, 5) is 33.3. The Morgan fingerprint density at radius 3 is 2.67 bits per heavy atom. The number of nitrogens with zero attached hydrogens (tertiary/aromatic N) is 1. The standard InChI is InChI=1S/C14H14N2O5/c17-13(9-4-2-1-3-5-9)15-12-7-6-10(16(20)21)8-11(12)14(18)19/h1-2,6-9H,3-5H2,(H,15,17)(H,18,19). The summed E-state index contributed by atoms with van der Waals surface area (Å²) in [6.07, 6.45) is 6.04. The summed E-state index contributed by atoms with van der Waals surface area (Å²) >= 11 is 0. The summed E-state index contributed by atoms with van der Waals surface area (Å²) in [5.74, 6) is -1.79. The lowest BCUT2D eigenvalue weighted by atomic mass is 9.93. The monoisotopic (exact) mass is 290 g/mol. The number of nitro benzene ring substituents is 1. The number of hydrogen-bond donors (Lipinski definition) is 2. The number of hydrogen-bond acceptors (Lipinski definition) is 4. The fourth-order valence-electron chi connectivity index (χ4n) is 2.20. The van der Waals surface area contributed by atoms with E-state index in [2.05, 4.69) is 5.32 Å². The molecule has 1 aromatic carbocycles. The molecule has 110 valence electrons. The Balaban J connectivity index is 2.22. The average Bonchev–Trinajstić information content (AvgIpc) is 2.48. The van der Waals surface area contributed by atoms with Gasteiger partial charge in [0, 0.05) is 18.1 Å². The average molecular weight is 290 g/mol. The third-order valence-electron chi connectivity index (χ3n) is 3.34. The number of amides is 1. The number of anilines is 1. The van der Waals surface area contributed by atoms with Gasteiger partial charge in [0.25, 0.3) is 5.69 Å². The maximum Gasteiger partial charge on any atom is 0.338 e. The van der Waals surface area contributed by atoms with Crippen LogP contribution in [-0.2, 0) is 4.79 Å². The van der Waals surface area contributed by atoms with Gasteiger partial charge in [-0.1, -0.05) is 12.2 Å². The molecule has 2 N–H and O–H groups in total. The molecule has 0 radical (unpaired) electrons. The zero-order valence-corrected chi connectivity index (χ0v) is 11.1. The number of rotatable bonds is 4. The first-order valence-corrected chi connectivity index (χ1v) is 6.46. The molecule has 1 atom stereocenters. The summed E-state index contributed by atoms with van der Waals surface area (Å²) in [5, 5.41) is 22.3. The minimum absolute atomic E-state index is 0.0765. The number of aromatic carboxylic acids is 1. The van der Waals surface area contributed by atoms with Crippen LogP contribution in [0.2, 0.25) is 0 Å². The topological polar surface area (TPSA) is 110 Å². The first-order chi connectivity index (χ1) is 9.99. The molecule has 0 aliphatic heterocycles. The van der Waals surface area contributed by atoms with Crippen LogP contribution in [0.15, 0.2) is 30.4 Å². The lowest BCUT2D eigenvalue weighted by Crippen LogP contribution is -2.24. The summed E-state index contributed by atoms with van der Waals surface area (Å²) in [6.45, 7) is 0. The van der Waals surface area contributed by atoms with Crippen LogP contribution in [0.5, 0.6) is 0 Å². The molecule has 0 spiro atoms. The summed E-state index contributed by atoms with van der Waals surface area (Å²) in [5.41, 5.74) is -0.539. The Bertz CT molecular complexity index is 624. The number of allylic oxidation sites excluding steroid dienone is 2. The Morgan fingerprint density at radius 1 is 1.33 bits per heavy atom. The summed E-state index contributed by atoms with van der Waals surface area (Å²) < 4.78 is 0. The van der Waals surface area contributed by atoms with E-state index < -0.39 is 10.9 Å². The van der Waals surface area contributed by atoms with Crippen molar-refractivity contribution in [2.45, 2.75) is 19.3 Å². The number of carbonyl (C=O) groups excluding carboxylic acids is 1. The second-order valence-corrected chi connectivity index (χ2v) is 4.76. The Hall–Kier alpha value is -2.70. The lowest BCUT2D eigenvalue weighted by Gasteiger charge is -2.18. The third-order valence-corrected chi connectivity index (χ3v) is 3.34. The Morgan fingerprint density at radius 2 is 2.10 bits per heavy atom. The maximum absolute atomic E-state index is 12.1. The van der Waals surface area contributed by atoms with Gasteiger partial charge in [0.15, 0.2) is 0 Å². The van der Waals surface area contributed by atoms with Crippen molar-refractivity contribution < 1.29 is 19.6 Å². The predicted octanol–water partition coefficient (Wildman–Crippen LogP) is 2.59. The van der Waals surface area contributed by atoms with Crippen LogP contribution in [-0.4, -0.2) is 21.9 Å². The van der Waals surface area contributed by atoms with E-state index in [9.17, 15) is 19.7 Å². The highest BCUT2D eigenvalue weighted by atomic mass is 16.6. The number of carboxylic acid groups (broad SMARTS) is 1. The SMILES string of the molecule is O=C(O)c1cc([N+](=O)[O-])ccc1NC(=O)C1CC=CCC1. The summed E-state index contributed by atoms with van der Waals surface area (Å²) in [7, 11) is 0. The minimum Gasteiger partial charge on any atom is -0.478 e. The van der Waals surface area contributed by atoms with E-state index in [1.165, 1.54) is 12.1 Å². The number of benzene rings is 1. The van der Waals surface area contributed by atoms with Gasteiger partial charge >= 0.3 is 5.97 Å². The number of nitrogens with one attached hydrogen (secondary N) is 1. The molecule has 0 bridgehead atoms. The Labute approximate surface area is 120 Å². The van der Waals surface area contributed by atoms with Crippen LogP contribution < -0.4 is 5.32 Å². The molecule has 1 unspecified atom stereocenters. The molecule has 1 aliphatic carbocycles. The van der Waals surface area contributed by atoms with Crippen LogP contribution in [0, 0.1) is 16.0 Å². The van der Waals surface area contributed by atoms with Gasteiger partial charge in [0.05, 0.1) is 16.2 Å². The molecule has 2 rings (SSSR count). The van der Waals surface area contributed by atoms with Crippen molar-refractivity contribution >= 4 is 23.3 Å². The van der Waals surface area contributed by atoms with Crippen molar-refractivity contribution in [2.75, 3.05) is 5.32 Å². The second kappa shape index (κ2) is 6.17. The number of carboxylic acids is 1. The molecule has 0 heterocycles. The van der Waals surface area contributed by atoms with Crippen molar-refractivity contribution in [3.8, 4) is 0 Å². The van der Waals surface area contributed by atoms with Crippen LogP contribution >= 0.6 is 0 Å². The fraction of sp³-hybridized carbons (Fsp3) is 0.286. The zero-order chi connectivity index (χ0) is 15.4. The molecule has 1 aliphatic rings. The number of non-ortho nitro benzene ring substituents is 1. The fourth-order valence-corrected chi connectivity index (χ4v) is 2.20. The van der Waals surface area contributed by atoms with E-state index in [1.54, 1.807) is 0 Å².